The highest BCUT2D eigenvalue weighted by Gasteiger charge is 2.24. The molecule has 372 valence electrons. The maximum atomic E-state index is 13.2. The number of rotatable bonds is 49. The second kappa shape index (κ2) is 51.5. The Morgan fingerprint density at radius 3 is 1.34 bits per heavy atom. The van der Waals surface area contributed by atoms with Crippen molar-refractivity contribution < 1.29 is 24.5 Å². The van der Waals surface area contributed by atoms with Crippen molar-refractivity contribution in [3.05, 3.63) is 60.8 Å². The monoisotopic (exact) mass is 896 g/mol. The zero-order chi connectivity index (χ0) is 46.7. The average molecular weight is 896 g/mol. The van der Waals surface area contributed by atoms with Gasteiger partial charge in [0.25, 0.3) is 0 Å². The summed E-state index contributed by atoms with van der Waals surface area (Å²) in [7, 11) is 0. The average Bonchev–Trinajstić information content (AvgIpc) is 3.29. The van der Waals surface area contributed by atoms with E-state index in [2.05, 4.69) is 86.8 Å². The number of unbranched alkanes of at least 4 members (excludes halogenated alkanes) is 28. The largest absolute Gasteiger partial charge is 0.462 e. The molecule has 0 aliphatic carbocycles. The number of allylic oxidation sites excluding steroid dienone is 10. The van der Waals surface area contributed by atoms with Crippen molar-refractivity contribution in [2.75, 3.05) is 6.61 Å². The van der Waals surface area contributed by atoms with Gasteiger partial charge in [-0.2, -0.15) is 0 Å². The fourth-order valence-corrected chi connectivity index (χ4v) is 8.13. The molecule has 6 nitrogen and oxygen atoms in total. The van der Waals surface area contributed by atoms with Gasteiger partial charge in [-0.15, -0.1) is 0 Å². The molecule has 1 amide bonds. The van der Waals surface area contributed by atoms with E-state index in [1.807, 2.05) is 0 Å². The molecule has 3 atom stereocenters. The minimum atomic E-state index is -0.800. The third-order valence-corrected chi connectivity index (χ3v) is 12.3. The Morgan fingerprint density at radius 1 is 0.469 bits per heavy atom. The van der Waals surface area contributed by atoms with Gasteiger partial charge < -0.3 is 20.3 Å². The van der Waals surface area contributed by atoms with Crippen molar-refractivity contribution in [1.29, 1.82) is 0 Å². The summed E-state index contributed by atoms with van der Waals surface area (Å²) < 4.78 is 5.93. The first-order valence-corrected chi connectivity index (χ1v) is 27.5. The van der Waals surface area contributed by atoms with Gasteiger partial charge in [0.1, 0.15) is 6.10 Å². The molecule has 0 aromatic carbocycles. The molecule has 3 unspecified atom stereocenters. The van der Waals surface area contributed by atoms with Crippen LogP contribution < -0.4 is 5.32 Å². The van der Waals surface area contributed by atoms with Crippen molar-refractivity contribution in [2.24, 2.45) is 0 Å². The van der Waals surface area contributed by atoms with E-state index in [1.165, 1.54) is 128 Å². The van der Waals surface area contributed by atoms with E-state index in [4.69, 9.17) is 4.74 Å². The molecule has 0 rings (SSSR count). The lowest BCUT2D eigenvalue weighted by Crippen LogP contribution is -2.46. The van der Waals surface area contributed by atoms with Gasteiger partial charge in [-0.05, 0) is 89.9 Å². The third-order valence-electron chi connectivity index (χ3n) is 12.3. The van der Waals surface area contributed by atoms with Gasteiger partial charge in [0.2, 0.25) is 5.91 Å². The minimum absolute atomic E-state index is 0.0499. The van der Waals surface area contributed by atoms with E-state index < -0.39 is 18.2 Å². The Kier molecular flexibility index (Phi) is 49.6. The number of hydrogen-bond acceptors (Lipinski definition) is 5. The van der Waals surface area contributed by atoms with Crippen LogP contribution >= 0.6 is 0 Å². The van der Waals surface area contributed by atoms with Crippen molar-refractivity contribution in [2.45, 2.75) is 289 Å². The molecule has 0 aromatic rings. The third kappa shape index (κ3) is 46.1. The highest BCUT2D eigenvalue weighted by molar-refractivity contribution is 5.77. The summed E-state index contributed by atoms with van der Waals surface area (Å²) in [6, 6.07) is -0.716. The Hall–Kier alpha value is -2.44. The van der Waals surface area contributed by atoms with E-state index in [-0.39, 0.29) is 24.9 Å². The summed E-state index contributed by atoms with van der Waals surface area (Å²) in [4.78, 5) is 26.2. The number of hydrogen-bond donors (Lipinski definition) is 3. The molecular formula is C58H105NO5. The zero-order valence-electron chi connectivity index (χ0n) is 42.4. The standard InChI is InChI=1S/C58H105NO5/c1-4-7-10-13-16-19-22-25-27-29-31-33-36-39-42-45-48-51-58(63)64-54(49-46-43-40-37-34-32-30-28-26-23-20-17-14-11-8-5-2)52-57(62)59-55(53-60)56(61)50-47-44-41-38-35-24-21-18-15-12-9-6-3/h16,19,25,27-28,30-34,54-56,60-61H,4-15,17-18,20-24,26,29,35-53H2,1-3H3,(H,59,62)/b19-16-,27-25-,30-28+,33-31-,34-32+. The van der Waals surface area contributed by atoms with Gasteiger partial charge >= 0.3 is 5.97 Å². The van der Waals surface area contributed by atoms with E-state index >= 15 is 0 Å². The topological polar surface area (TPSA) is 95.9 Å². The molecule has 0 saturated heterocycles. The van der Waals surface area contributed by atoms with Crippen LogP contribution in [0.25, 0.3) is 0 Å². The van der Waals surface area contributed by atoms with Crippen molar-refractivity contribution in [1.82, 2.24) is 5.32 Å². The number of aliphatic hydroxyl groups excluding tert-OH is 2. The second-order valence-corrected chi connectivity index (χ2v) is 18.7. The molecule has 0 bridgehead atoms. The zero-order valence-corrected chi connectivity index (χ0v) is 42.4. The van der Waals surface area contributed by atoms with Crippen LogP contribution in [0.5, 0.6) is 0 Å². The summed E-state index contributed by atoms with van der Waals surface area (Å²) in [5.41, 5.74) is 0. The van der Waals surface area contributed by atoms with Crippen molar-refractivity contribution in [3.8, 4) is 0 Å². The molecule has 0 radical (unpaired) electrons. The fourth-order valence-electron chi connectivity index (χ4n) is 8.13. The molecular weight excluding hydrogens is 791 g/mol. The number of amides is 1. The number of aliphatic hydroxyl groups is 2. The highest BCUT2D eigenvalue weighted by atomic mass is 16.5. The Balaban J connectivity index is 4.67. The first kappa shape index (κ1) is 61.6. The fraction of sp³-hybridized carbons (Fsp3) is 0.793. The van der Waals surface area contributed by atoms with E-state index in [0.717, 1.165) is 96.3 Å². The smallest absolute Gasteiger partial charge is 0.306 e. The molecule has 0 spiro atoms. The number of esters is 1. The lowest BCUT2D eigenvalue weighted by molar-refractivity contribution is -0.151. The van der Waals surface area contributed by atoms with E-state index in [0.29, 0.717) is 19.3 Å². The quantitative estimate of drug-likeness (QED) is 0.0245. The van der Waals surface area contributed by atoms with E-state index in [1.54, 1.807) is 0 Å². The number of nitrogens with one attached hydrogen (secondary N) is 1. The molecule has 0 fully saturated rings. The highest BCUT2D eigenvalue weighted by Crippen LogP contribution is 2.17. The van der Waals surface area contributed by atoms with Crippen LogP contribution in [0.4, 0.5) is 0 Å². The van der Waals surface area contributed by atoms with E-state index in [9.17, 15) is 19.8 Å². The first-order valence-electron chi connectivity index (χ1n) is 27.5. The summed E-state index contributed by atoms with van der Waals surface area (Å²) in [5, 5.41) is 23.8. The molecule has 0 aromatic heterocycles. The molecule has 64 heavy (non-hydrogen) atoms. The Bertz CT molecular complexity index is 1140. The number of ether oxygens (including phenoxy) is 1. The maximum Gasteiger partial charge on any atom is 0.306 e. The van der Waals surface area contributed by atoms with Crippen LogP contribution in [-0.2, 0) is 14.3 Å². The molecule has 0 saturated carbocycles. The Labute approximate surface area is 397 Å². The predicted molar refractivity (Wildman–Crippen MR) is 278 cm³/mol. The SMILES string of the molecule is CCCCC/C=C\C/C=C\C/C=C\CCCCCCC(=O)OC(CCCCC/C=C/C=C/CCCCCCCCC)CC(=O)NC(CO)C(O)CCCCCCCCCCCCCC. The van der Waals surface area contributed by atoms with Gasteiger partial charge in [-0.1, -0.05) is 229 Å². The van der Waals surface area contributed by atoms with Gasteiger partial charge in [0.15, 0.2) is 0 Å². The number of carbonyl (C=O) groups is 2. The molecule has 0 aliphatic heterocycles. The van der Waals surface area contributed by atoms with Crippen molar-refractivity contribution >= 4 is 11.9 Å². The molecule has 3 N–H and O–H groups in total. The van der Waals surface area contributed by atoms with Gasteiger partial charge in [0.05, 0.1) is 25.2 Å². The normalized spacial score (nSPS) is 13.6. The van der Waals surface area contributed by atoms with Gasteiger partial charge in [0, 0.05) is 6.42 Å². The summed E-state index contributed by atoms with van der Waals surface area (Å²) in [6.45, 7) is 6.45. The van der Waals surface area contributed by atoms with Gasteiger partial charge in [-0.3, -0.25) is 9.59 Å². The van der Waals surface area contributed by atoms with Crippen LogP contribution in [0.2, 0.25) is 0 Å². The molecule has 0 aliphatic rings. The van der Waals surface area contributed by atoms with Gasteiger partial charge in [-0.25, -0.2) is 0 Å². The van der Waals surface area contributed by atoms with Crippen LogP contribution in [0, 0.1) is 0 Å². The summed E-state index contributed by atoms with van der Waals surface area (Å²) in [6.07, 6.45) is 64.2. The second-order valence-electron chi connectivity index (χ2n) is 18.7. The van der Waals surface area contributed by atoms with Crippen LogP contribution in [0.1, 0.15) is 271 Å². The van der Waals surface area contributed by atoms with Crippen LogP contribution in [0.3, 0.4) is 0 Å². The molecule has 6 heteroatoms. The Morgan fingerprint density at radius 2 is 0.844 bits per heavy atom. The minimum Gasteiger partial charge on any atom is -0.462 e. The van der Waals surface area contributed by atoms with Crippen LogP contribution in [-0.4, -0.2) is 46.9 Å². The summed E-state index contributed by atoms with van der Waals surface area (Å²) in [5.74, 6) is -0.521. The van der Waals surface area contributed by atoms with Crippen LogP contribution in [0.15, 0.2) is 60.8 Å². The lowest BCUT2D eigenvalue weighted by Gasteiger charge is -2.24. The molecule has 0 heterocycles. The van der Waals surface area contributed by atoms with Crippen molar-refractivity contribution in [3.63, 3.8) is 0 Å². The summed E-state index contributed by atoms with van der Waals surface area (Å²) >= 11 is 0. The predicted octanol–water partition coefficient (Wildman–Crippen LogP) is 16.8. The first-order chi connectivity index (χ1) is 31.5. The lowest BCUT2D eigenvalue weighted by atomic mass is 10.0. The number of carbonyl (C=O) groups excluding carboxylic acids is 2. The maximum absolute atomic E-state index is 13.2.